The zero-order valence-corrected chi connectivity index (χ0v) is 13.6. The van der Waals surface area contributed by atoms with E-state index in [1.165, 1.54) is 56.5 Å². The van der Waals surface area contributed by atoms with Gasteiger partial charge < -0.3 is 0 Å². The monoisotopic (exact) mass is 285 g/mol. The van der Waals surface area contributed by atoms with Crippen LogP contribution in [0.15, 0.2) is 42.7 Å². The highest BCUT2D eigenvalue weighted by Gasteiger charge is 2.17. The number of aryl methyl sites for hydroxylation is 1. The third kappa shape index (κ3) is 4.45. The Balaban J connectivity index is 2.17. The Morgan fingerprint density at radius 2 is 1.67 bits per heavy atom. The van der Waals surface area contributed by atoms with Gasteiger partial charge in [-0.25, -0.2) is 4.57 Å². The minimum atomic E-state index is 1.14. The van der Waals surface area contributed by atoms with Gasteiger partial charge in [0.05, 0.1) is 6.54 Å². The lowest BCUT2D eigenvalue weighted by Gasteiger charge is -2.05. The fourth-order valence-corrected chi connectivity index (χ4v) is 2.79. The molecular formula is C19H29N2+. The molecule has 0 aliphatic carbocycles. The number of benzene rings is 1. The second kappa shape index (κ2) is 8.66. The summed E-state index contributed by atoms with van der Waals surface area (Å²) >= 11 is 0. The summed E-state index contributed by atoms with van der Waals surface area (Å²) in [6.07, 6.45) is 13.4. The molecule has 0 fully saturated rings. The van der Waals surface area contributed by atoms with E-state index in [0.29, 0.717) is 0 Å². The Bertz CT molecular complexity index is 514. The molecule has 2 nitrogen and oxygen atoms in total. The lowest BCUT2D eigenvalue weighted by molar-refractivity contribution is -0.703. The normalized spacial score (nSPS) is 11.0. The average molecular weight is 285 g/mol. The minimum Gasteiger partial charge on any atom is -0.234 e. The quantitative estimate of drug-likeness (QED) is 0.467. The molecule has 0 spiro atoms. The van der Waals surface area contributed by atoms with E-state index in [-0.39, 0.29) is 0 Å². The number of aromatic nitrogens is 2. The van der Waals surface area contributed by atoms with Gasteiger partial charge in [-0.15, -0.1) is 0 Å². The van der Waals surface area contributed by atoms with Gasteiger partial charge in [0.1, 0.15) is 18.1 Å². The van der Waals surface area contributed by atoms with Gasteiger partial charge in [0.15, 0.2) is 0 Å². The van der Waals surface area contributed by atoms with E-state index in [0.717, 1.165) is 6.54 Å². The van der Waals surface area contributed by atoms with Gasteiger partial charge in [-0.2, -0.15) is 4.57 Å². The van der Waals surface area contributed by atoms with E-state index in [1.54, 1.807) is 0 Å². The molecule has 0 saturated heterocycles. The zero-order valence-electron chi connectivity index (χ0n) is 13.6. The number of hydrogen-bond donors (Lipinski definition) is 0. The Kier molecular flexibility index (Phi) is 6.52. The maximum Gasteiger partial charge on any atom is 0.261 e. The molecule has 2 rings (SSSR count). The van der Waals surface area contributed by atoms with Crippen molar-refractivity contribution in [3.8, 4) is 5.69 Å². The topological polar surface area (TPSA) is 8.81 Å². The van der Waals surface area contributed by atoms with Crippen LogP contribution >= 0.6 is 0 Å². The molecular weight excluding hydrogens is 256 g/mol. The number of para-hydroxylation sites is 1. The van der Waals surface area contributed by atoms with Crippen molar-refractivity contribution in [1.29, 1.82) is 0 Å². The van der Waals surface area contributed by atoms with Gasteiger partial charge in [0.2, 0.25) is 0 Å². The Morgan fingerprint density at radius 1 is 0.905 bits per heavy atom. The fourth-order valence-electron chi connectivity index (χ4n) is 2.79. The number of hydrogen-bond acceptors (Lipinski definition) is 0. The van der Waals surface area contributed by atoms with E-state index in [9.17, 15) is 0 Å². The molecule has 21 heavy (non-hydrogen) atoms. The predicted octanol–water partition coefficient (Wildman–Crippen LogP) is 4.69. The van der Waals surface area contributed by atoms with Crippen LogP contribution in [0.2, 0.25) is 0 Å². The van der Waals surface area contributed by atoms with Crippen LogP contribution in [0.25, 0.3) is 5.69 Å². The van der Waals surface area contributed by atoms with E-state index < -0.39 is 0 Å². The van der Waals surface area contributed by atoms with Crippen LogP contribution in [-0.2, 0) is 13.0 Å². The van der Waals surface area contributed by atoms with Crippen LogP contribution in [-0.4, -0.2) is 4.57 Å². The van der Waals surface area contributed by atoms with Gasteiger partial charge in [0, 0.05) is 6.42 Å². The summed E-state index contributed by atoms with van der Waals surface area (Å²) in [7, 11) is 0. The Hall–Kier alpha value is -1.57. The van der Waals surface area contributed by atoms with Crippen molar-refractivity contribution in [2.75, 3.05) is 0 Å². The molecule has 0 aliphatic rings. The molecule has 1 aromatic heterocycles. The Morgan fingerprint density at radius 3 is 2.38 bits per heavy atom. The number of imidazole rings is 1. The molecule has 0 aliphatic heterocycles. The smallest absolute Gasteiger partial charge is 0.234 e. The molecule has 0 bridgehead atoms. The van der Waals surface area contributed by atoms with Crippen LogP contribution < -0.4 is 4.57 Å². The predicted molar refractivity (Wildman–Crippen MR) is 88.7 cm³/mol. The number of nitrogens with zero attached hydrogens (tertiary/aromatic N) is 2. The highest BCUT2D eigenvalue weighted by Crippen LogP contribution is 2.12. The maximum atomic E-state index is 2.45. The van der Waals surface area contributed by atoms with E-state index >= 15 is 0 Å². The second-order valence-electron chi connectivity index (χ2n) is 5.78. The van der Waals surface area contributed by atoms with Gasteiger partial charge in [-0.3, -0.25) is 0 Å². The van der Waals surface area contributed by atoms with Crippen LogP contribution in [0.4, 0.5) is 0 Å². The third-order valence-electron chi connectivity index (χ3n) is 4.05. The van der Waals surface area contributed by atoms with Crippen molar-refractivity contribution >= 4 is 0 Å². The van der Waals surface area contributed by atoms with Crippen molar-refractivity contribution in [2.45, 2.75) is 65.3 Å². The van der Waals surface area contributed by atoms with Gasteiger partial charge >= 0.3 is 0 Å². The number of rotatable bonds is 9. The molecule has 0 atom stereocenters. The molecule has 2 heteroatoms. The van der Waals surface area contributed by atoms with E-state index in [2.05, 4.69) is 65.7 Å². The van der Waals surface area contributed by atoms with Gasteiger partial charge in [-0.1, -0.05) is 57.7 Å². The van der Waals surface area contributed by atoms with Crippen LogP contribution in [0.3, 0.4) is 0 Å². The van der Waals surface area contributed by atoms with Crippen molar-refractivity contribution in [1.82, 2.24) is 4.57 Å². The first kappa shape index (κ1) is 15.8. The fraction of sp³-hybridized carbons (Fsp3) is 0.526. The summed E-state index contributed by atoms with van der Waals surface area (Å²) in [5.74, 6) is 1.45. The van der Waals surface area contributed by atoms with Crippen molar-refractivity contribution in [3.05, 3.63) is 48.5 Å². The molecule has 0 radical (unpaired) electrons. The maximum absolute atomic E-state index is 2.45. The summed E-state index contributed by atoms with van der Waals surface area (Å²) in [4.78, 5) is 0. The molecule has 114 valence electrons. The standard InChI is InChI=1S/C19H29N2/c1-3-5-7-11-14-19-20(15-6-4-2)16-17-21(19)18-12-9-8-10-13-18/h8-10,12-13,16-17H,3-7,11,14-15H2,1-2H3/q+1. The molecule has 1 aromatic carbocycles. The lowest BCUT2D eigenvalue weighted by Crippen LogP contribution is -2.37. The van der Waals surface area contributed by atoms with Crippen LogP contribution in [0, 0.1) is 0 Å². The molecule has 0 saturated carbocycles. The van der Waals surface area contributed by atoms with E-state index in [1.807, 2.05) is 0 Å². The molecule has 0 unspecified atom stereocenters. The molecule has 0 amide bonds. The zero-order chi connectivity index (χ0) is 14.9. The third-order valence-corrected chi connectivity index (χ3v) is 4.05. The summed E-state index contributed by atoms with van der Waals surface area (Å²) in [6.45, 7) is 5.67. The van der Waals surface area contributed by atoms with Crippen molar-refractivity contribution in [3.63, 3.8) is 0 Å². The minimum absolute atomic E-state index is 1.14. The molecule has 2 aromatic rings. The first-order valence-electron chi connectivity index (χ1n) is 8.52. The average Bonchev–Trinajstić information content (AvgIpc) is 2.93. The second-order valence-corrected chi connectivity index (χ2v) is 5.78. The summed E-state index contributed by atoms with van der Waals surface area (Å²) in [5, 5.41) is 0. The number of unbranched alkanes of at least 4 members (excludes halogenated alkanes) is 4. The summed E-state index contributed by atoms with van der Waals surface area (Å²) in [5.41, 5.74) is 1.28. The van der Waals surface area contributed by atoms with Crippen LogP contribution in [0.1, 0.15) is 58.2 Å². The lowest BCUT2D eigenvalue weighted by atomic mass is 10.1. The summed E-state index contributed by atoms with van der Waals surface area (Å²) in [6, 6.07) is 10.7. The van der Waals surface area contributed by atoms with Gasteiger partial charge in [-0.05, 0) is 25.0 Å². The van der Waals surface area contributed by atoms with Crippen molar-refractivity contribution in [2.24, 2.45) is 0 Å². The Labute approximate surface area is 129 Å². The SMILES string of the molecule is CCCCCCc1n(-c2ccccc2)cc[n+]1CCCC. The van der Waals surface area contributed by atoms with E-state index in [4.69, 9.17) is 0 Å². The largest absolute Gasteiger partial charge is 0.261 e. The highest BCUT2D eigenvalue weighted by molar-refractivity contribution is 5.31. The molecule has 0 N–H and O–H groups in total. The van der Waals surface area contributed by atoms with Crippen LogP contribution in [0.5, 0.6) is 0 Å². The highest BCUT2D eigenvalue weighted by atomic mass is 15.1. The van der Waals surface area contributed by atoms with Crippen molar-refractivity contribution < 1.29 is 4.57 Å². The first-order valence-corrected chi connectivity index (χ1v) is 8.52. The molecule has 1 heterocycles. The van der Waals surface area contributed by atoms with Gasteiger partial charge in [0.25, 0.3) is 5.82 Å². The summed E-state index contributed by atoms with van der Waals surface area (Å²) < 4.78 is 4.81. The first-order chi connectivity index (χ1) is 10.4.